The molecule has 1 saturated heterocycles. The van der Waals surface area contributed by atoms with Crippen LogP contribution in [0.4, 0.5) is 26.3 Å². The Labute approximate surface area is 221 Å². The van der Waals surface area contributed by atoms with E-state index in [1.165, 1.54) is 0 Å². The number of carbonyl (C=O) groups excluding carboxylic acids is 2. The molecular weight excluding hydrogens is 522 g/mol. The number of benzene rings is 3. The average Bonchev–Trinajstić information content (AvgIpc) is 3.26. The summed E-state index contributed by atoms with van der Waals surface area (Å²) in [6.07, 6.45) is -9.56. The molecule has 3 aromatic carbocycles. The fourth-order valence-corrected chi connectivity index (χ4v) is 4.66. The maximum absolute atomic E-state index is 13.5. The number of likely N-dealkylation sites (tertiary alicyclic amines) is 1. The van der Waals surface area contributed by atoms with Gasteiger partial charge in [0.1, 0.15) is 0 Å². The van der Waals surface area contributed by atoms with E-state index in [2.05, 4.69) is 0 Å². The lowest BCUT2D eigenvalue weighted by atomic mass is 10.0. The monoisotopic (exact) mass is 548 g/mol. The van der Waals surface area contributed by atoms with Crippen LogP contribution in [0.3, 0.4) is 0 Å². The average molecular weight is 549 g/mol. The van der Waals surface area contributed by atoms with Crippen molar-refractivity contribution in [3.63, 3.8) is 0 Å². The lowest BCUT2D eigenvalue weighted by Crippen LogP contribution is -2.38. The van der Waals surface area contributed by atoms with Crippen molar-refractivity contribution in [3.8, 4) is 0 Å². The Hall–Kier alpha value is -3.82. The van der Waals surface area contributed by atoms with E-state index in [-0.39, 0.29) is 30.5 Å². The zero-order valence-corrected chi connectivity index (χ0v) is 20.8. The van der Waals surface area contributed by atoms with E-state index in [9.17, 15) is 35.9 Å². The van der Waals surface area contributed by atoms with E-state index in [0.29, 0.717) is 31.6 Å². The van der Waals surface area contributed by atoms with E-state index in [1.54, 1.807) is 4.90 Å². The van der Waals surface area contributed by atoms with E-state index < -0.39 is 41.8 Å². The molecule has 1 fully saturated rings. The quantitative estimate of drug-likeness (QED) is 0.308. The van der Waals surface area contributed by atoms with Crippen LogP contribution >= 0.6 is 0 Å². The van der Waals surface area contributed by atoms with Crippen LogP contribution < -0.4 is 0 Å². The van der Waals surface area contributed by atoms with Crippen molar-refractivity contribution < 1.29 is 35.9 Å². The molecule has 0 radical (unpaired) electrons. The van der Waals surface area contributed by atoms with E-state index in [0.717, 1.165) is 16.0 Å². The van der Waals surface area contributed by atoms with Crippen molar-refractivity contribution in [2.45, 2.75) is 38.3 Å². The maximum atomic E-state index is 13.5. The highest BCUT2D eigenvalue weighted by Gasteiger charge is 2.39. The fourth-order valence-electron chi connectivity index (χ4n) is 4.66. The summed E-state index contributed by atoms with van der Waals surface area (Å²) in [6.45, 7) is 0.134. The summed E-state index contributed by atoms with van der Waals surface area (Å²) >= 11 is 0. The Balaban J connectivity index is 1.51. The molecular formula is C29H26F6N2O2. The van der Waals surface area contributed by atoms with E-state index in [1.807, 2.05) is 60.7 Å². The second-order valence-electron chi connectivity index (χ2n) is 9.57. The summed E-state index contributed by atoms with van der Waals surface area (Å²) in [7, 11) is 0. The molecule has 1 aliphatic heterocycles. The number of nitrogens with zero attached hydrogens (tertiary/aromatic N) is 2. The summed E-state index contributed by atoms with van der Waals surface area (Å²) in [6, 6.07) is 20.1. The third kappa shape index (κ3) is 7.40. The van der Waals surface area contributed by atoms with Crippen molar-refractivity contribution in [2.24, 2.45) is 5.92 Å². The first kappa shape index (κ1) is 28.2. The molecule has 0 saturated carbocycles. The molecule has 10 heteroatoms. The molecule has 3 aromatic rings. The number of halogens is 6. The molecule has 0 unspecified atom stereocenters. The zero-order valence-electron chi connectivity index (χ0n) is 20.8. The van der Waals surface area contributed by atoms with Gasteiger partial charge in [-0.1, -0.05) is 60.7 Å². The molecule has 0 N–H and O–H groups in total. The Morgan fingerprint density at radius 3 is 1.87 bits per heavy atom. The van der Waals surface area contributed by atoms with Crippen molar-refractivity contribution in [2.75, 3.05) is 13.1 Å². The van der Waals surface area contributed by atoms with Gasteiger partial charge in [-0.15, -0.1) is 0 Å². The van der Waals surface area contributed by atoms with Crippen LogP contribution in [0.2, 0.25) is 0 Å². The number of rotatable bonds is 8. The predicted molar refractivity (Wildman–Crippen MR) is 132 cm³/mol. The third-order valence-electron chi connectivity index (χ3n) is 6.63. The van der Waals surface area contributed by atoms with Gasteiger partial charge < -0.3 is 9.80 Å². The van der Waals surface area contributed by atoms with Gasteiger partial charge in [0.15, 0.2) is 0 Å². The smallest absolute Gasteiger partial charge is 0.338 e. The summed E-state index contributed by atoms with van der Waals surface area (Å²) in [5.41, 5.74) is -1.27. The second-order valence-corrected chi connectivity index (χ2v) is 9.57. The maximum Gasteiger partial charge on any atom is 0.416 e. The van der Waals surface area contributed by atoms with Crippen LogP contribution in [0, 0.1) is 5.92 Å². The van der Waals surface area contributed by atoms with Gasteiger partial charge in [0, 0.05) is 32.6 Å². The molecule has 2 amide bonds. The second kappa shape index (κ2) is 11.5. The Kier molecular flexibility index (Phi) is 8.32. The Morgan fingerprint density at radius 1 is 0.795 bits per heavy atom. The summed E-state index contributed by atoms with van der Waals surface area (Å²) < 4.78 is 79.6. The first-order valence-corrected chi connectivity index (χ1v) is 12.3. The molecule has 1 aliphatic rings. The standard InChI is InChI=1S/C29H26F6N2O2/c30-28(31,32)24-13-22(14-25(16-24)29(33,34)35)18-37-19-23(15-26(37)38)27(39)36(17-21-9-5-2-6-10-21)12-11-20-7-3-1-4-8-20/h1-10,13-14,16,23H,11-12,15,17-19H2/t23-/m0/s1. The minimum atomic E-state index is -4.99. The zero-order chi connectivity index (χ0) is 28.2. The highest BCUT2D eigenvalue weighted by atomic mass is 19.4. The summed E-state index contributed by atoms with van der Waals surface area (Å²) in [5, 5.41) is 0. The Bertz CT molecular complexity index is 1260. The van der Waals surface area contributed by atoms with Gasteiger partial charge in [0.2, 0.25) is 11.8 Å². The molecule has 0 bridgehead atoms. The molecule has 0 spiro atoms. The van der Waals surface area contributed by atoms with Crippen LogP contribution in [0.5, 0.6) is 0 Å². The SMILES string of the molecule is O=C1C[C@H](C(=O)N(CCc2ccccc2)Cc2ccccc2)CN1Cc1cc(C(F)(F)F)cc(C(F)(F)F)c1. The van der Waals surface area contributed by atoms with Crippen molar-refractivity contribution in [1.29, 1.82) is 0 Å². The van der Waals surface area contributed by atoms with Crippen molar-refractivity contribution in [3.05, 3.63) is 107 Å². The van der Waals surface area contributed by atoms with Gasteiger partial charge in [0.05, 0.1) is 17.0 Å². The first-order chi connectivity index (χ1) is 18.4. The number of hydrogen-bond acceptors (Lipinski definition) is 2. The summed E-state index contributed by atoms with van der Waals surface area (Å²) in [4.78, 5) is 29.1. The van der Waals surface area contributed by atoms with Crippen LogP contribution in [0.25, 0.3) is 0 Å². The Morgan fingerprint density at radius 2 is 1.33 bits per heavy atom. The minimum Gasteiger partial charge on any atom is -0.338 e. The molecule has 39 heavy (non-hydrogen) atoms. The van der Waals surface area contributed by atoms with Crippen molar-refractivity contribution >= 4 is 11.8 Å². The number of amides is 2. The van der Waals surface area contributed by atoms with Crippen LogP contribution in [0.15, 0.2) is 78.9 Å². The van der Waals surface area contributed by atoms with Gasteiger partial charge in [0.25, 0.3) is 0 Å². The largest absolute Gasteiger partial charge is 0.416 e. The topological polar surface area (TPSA) is 40.6 Å². The van der Waals surface area contributed by atoms with Gasteiger partial charge in [-0.25, -0.2) is 0 Å². The highest BCUT2D eigenvalue weighted by Crippen LogP contribution is 2.37. The lowest BCUT2D eigenvalue weighted by Gasteiger charge is -2.26. The molecule has 206 valence electrons. The molecule has 1 atom stereocenters. The summed E-state index contributed by atoms with van der Waals surface area (Å²) in [5.74, 6) is -1.54. The van der Waals surface area contributed by atoms with Gasteiger partial charge in [-0.3, -0.25) is 9.59 Å². The van der Waals surface area contributed by atoms with Crippen molar-refractivity contribution in [1.82, 2.24) is 9.80 Å². The first-order valence-electron chi connectivity index (χ1n) is 12.3. The van der Waals surface area contributed by atoms with Crippen LogP contribution in [-0.4, -0.2) is 34.7 Å². The van der Waals surface area contributed by atoms with E-state index >= 15 is 0 Å². The lowest BCUT2D eigenvalue weighted by molar-refractivity contribution is -0.143. The highest BCUT2D eigenvalue weighted by molar-refractivity contribution is 5.89. The van der Waals surface area contributed by atoms with Crippen LogP contribution in [0.1, 0.15) is 34.2 Å². The minimum absolute atomic E-state index is 0.0514. The fraction of sp³-hybridized carbons (Fsp3) is 0.310. The van der Waals surface area contributed by atoms with Gasteiger partial charge >= 0.3 is 12.4 Å². The van der Waals surface area contributed by atoms with Crippen LogP contribution in [-0.2, 0) is 41.5 Å². The normalized spacial score (nSPS) is 16.0. The molecule has 1 heterocycles. The number of carbonyl (C=O) groups is 2. The molecule has 4 nitrogen and oxygen atoms in total. The molecule has 4 rings (SSSR count). The molecule has 0 aliphatic carbocycles. The van der Waals surface area contributed by atoms with Gasteiger partial charge in [-0.2, -0.15) is 26.3 Å². The number of alkyl halides is 6. The van der Waals surface area contributed by atoms with Gasteiger partial charge in [-0.05, 0) is 41.3 Å². The predicted octanol–water partition coefficient (Wildman–Crippen LogP) is 6.34. The number of hydrogen-bond donors (Lipinski definition) is 0. The third-order valence-corrected chi connectivity index (χ3v) is 6.63. The van der Waals surface area contributed by atoms with E-state index in [4.69, 9.17) is 0 Å². The molecule has 0 aromatic heterocycles.